The molecule has 0 amide bonds. The van der Waals surface area contributed by atoms with Crippen LogP contribution in [0.15, 0.2) is 58.6 Å². The maximum Gasteiger partial charge on any atom is 0.355 e. The van der Waals surface area contributed by atoms with Gasteiger partial charge in [-0.3, -0.25) is 9.25 Å². The molecule has 0 spiro atoms. The maximum absolute atomic E-state index is 14.7. The molecule has 0 fully saturated rings. The van der Waals surface area contributed by atoms with E-state index in [1.54, 1.807) is 54.1 Å². The van der Waals surface area contributed by atoms with Crippen LogP contribution in [-0.2, 0) is 27.2 Å². The molecule has 2 aromatic carbocycles. The zero-order chi connectivity index (χ0) is 29.7. The van der Waals surface area contributed by atoms with Gasteiger partial charge < -0.3 is 5.32 Å². The van der Waals surface area contributed by atoms with Crippen LogP contribution < -0.4 is 16.7 Å². The van der Waals surface area contributed by atoms with Gasteiger partial charge in [0.2, 0.25) is 5.95 Å². The predicted molar refractivity (Wildman–Crippen MR) is 144 cm³/mol. The summed E-state index contributed by atoms with van der Waals surface area (Å²) in [5, 5.41) is 16.4. The zero-order valence-electron chi connectivity index (χ0n) is 21.8. The number of anilines is 2. The number of hydrogen-bond acceptors (Lipinski definition) is 8. The van der Waals surface area contributed by atoms with E-state index in [4.69, 9.17) is 11.6 Å². The number of fused-ring (bicyclic) bond motifs is 1. The summed E-state index contributed by atoms with van der Waals surface area (Å²) >= 11 is 6.53. The van der Waals surface area contributed by atoms with Crippen molar-refractivity contribution in [2.75, 3.05) is 5.32 Å². The van der Waals surface area contributed by atoms with Crippen LogP contribution in [0.5, 0.6) is 0 Å². The quantitative estimate of drug-likeness (QED) is 0.277. The van der Waals surface area contributed by atoms with Gasteiger partial charge in [-0.15, -0.1) is 0 Å². The van der Waals surface area contributed by atoms with Gasteiger partial charge in [-0.25, -0.2) is 41.7 Å². The lowest BCUT2D eigenvalue weighted by atomic mass is 10.2. The van der Waals surface area contributed by atoms with Crippen molar-refractivity contribution in [3.05, 3.63) is 104 Å². The Morgan fingerprint density at radius 1 is 0.952 bits per heavy atom. The Kier molecular flexibility index (Phi) is 6.61. The average Bonchev–Trinajstić information content (AvgIpc) is 3.67. The molecule has 4 aromatic heterocycles. The highest BCUT2D eigenvalue weighted by Gasteiger charge is 2.20. The van der Waals surface area contributed by atoms with Crippen molar-refractivity contribution in [3.63, 3.8) is 0 Å². The van der Waals surface area contributed by atoms with Crippen molar-refractivity contribution in [1.29, 1.82) is 0 Å². The number of nitrogens with zero attached hydrogens (tertiary/aromatic N) is 10. The summed E-state index contributed by atoms with van der Waals surface area (Å²) in [6, 6.07) is 5.93. The van der Waals surface area contributed by atoms with Crippen molar-refractivity contribution in [1.82, 2.24) is 48.4 Å². The predicted octanol–water partition coefficient (Wildman–Crippen LogP) is 2.52. The van der Waals surface area contributed by atoms with Gasteiger partial charge in [0.1, 0.15) is 12.1 Å². The molecule has 0 aliphatic rings. The van der Waals surface area contributed by atoms with Gasteiger partial charge in [-0.1, -0.05) is 11.6 Å². The molecular formula is C25H19ClF3N11O2. The molecule has 6 aromatic rings. The Morgan fingerprint density at radius 2 is 1.74 bits per heavy atom. The molecule has 0 saturated carbocycles. The van der Waals surface area contributed by atoms with Gasteiger partial charge in [0.25, 0.3) is 0 Å². The highest BCUT2D eigenvalue weighted by molar-refractivity contribution is 6.34. The standard InChI is InChI=1S/C25H19ClF3N11O2/c1-36-12-30-21(35-36)11-39-24(41)33-23(38(25(39)42)10-13-6-17(28)18(29)9-16(13)27)32-20-7-14-19(8-15(20)26)34-37(2)22(14)40-5-3-4-31-40/h3-9,12H,10-11H2,1-2H3,(H,32,33,41). The Bertz CT molecular complexity index is 2100. The van der Waals surface area contributed by atoms with Gasteiger partial charge >= 0.3 is 11.4 Å². The van der Waals surface area contributed by atoms with Crippen LogP contribution in [0, 0.1) is 17.5 Å². The lowest BCUT2D eigenvalue weighted by Gasteiger charge is -2.16. The van der Waals surface area contributed by atoms with E-state index in [1.807, 2.05) is 0 Å². The molecule has 0 aliphatic heterocycles. The minimum absolute atomic E-state index is 0.140. The topological polar surface area (TPSA) is 135 Å². The smallest absolute Gasteiger partial charge is 0.324 e. The second-order valence-corrected chi connectivity index (χ2v) is 9.64. The van der Waals surface area contributed by atoms with E-state index in [2.05, 4.69) is 30.6 Å². The minimum atomic E-state index is -1.39. The summed E-state index contributed by atoms with van der Waals surface area (Å²) < 4.78 is 48.5. The molecule has 0 aliphatic carbocycles. The van der Waals surface area contributed by atoms with Crippen LogP contribution in [0.2, 0.25) is 5.02 Å². The normalized spacial score (nSPS) is 11.5. The van der Waals surface area contributed by atoms with Crippen molar-refractivity contribution in [2.24, 2.45) is 14.1 Å². The maximum atomic E-state index is 14.7. The van der Waals surface area contributed by atoms with E-state index in [-0.39, 0.29) is 34.6 Å². The van der Waals surface area contributed by atoms with Gasteiger partial charge in [-0.05, 0) is 24.3 Å². The minimum Gasteiger partial charge on any atom is -0.324 e. The average molecular weight is 598 g/mol. The van der Waals surface area contributed by atoms with Crippen LogP contribution in [0.25, 0.3) is 16.7 Å². The molecule has 13 nitrogen and oxygen atoms in total. The Labute approximate surface area is 238 Å². The molecule has 1 N–H and O–H groups in total. The molecule has 0 saturated heterocycles. The first-order chi connectivity index (χ1) is 20.1. The number of aromatic nitrogens is 10. The molecule has 214 valence electrons. The highest BCUT2D eigenvalue weighted by atomic mass is 35.5. The third kappa shape index (κ3) is 4.81. The molecule has 4 heterocycles. The van der Waals surface area contributed by atoms with Crippen LogP contribution in [0.3, 0.4) is 0 Å². The fraction of sp³-hybridized carbons (Fsp3) is 0.160. The van der Waals surface area contributed by atoms with Crippen molar-refractivity contribution < 1.29 is 13.2 Å². The Balaban J connectivity index is 1.49. The molecule has 6 rings (SSSR count). The van der Waals surface area contributed by atoms with Crippen LogP contribution in [-0.4, -0.2) is 48.4 Å². The summed E-state index contributed by atoms with van der Waals surface area (Å²) in [5.74, 6) is -3.40. The summed E-state index contributed by atoms with van der Waals surface area (Å²) in [5.41, 5.74) is -1.51. The number of hydrogen-bond donors (Lipinski definition) is 1. The van der Waals surface area contributed by atoms with Gasteiger partial charge in [0.15, 0.2) is 23.3 Å². The Hall–Kier alpha value is -5.25. The summed E-state index contributed by atoms with van der Waals surface area (Å²) in [7, 11) is 3.33. The number of aryl methyl sites for hydroxylation is 2. The number of halogens is 4. The molecule has 0 bridgehead atoms. The number of benzene rings is 2. The fourth-order valence-corrected chi connectivity index (χ4v) is 4.65. The van der Waals surface area contributed by atoms with E-state index < -0.39 is 35.4 Å². The monoisotopic (exact) mass is 597 g/mol. The van der Waals surface area contributed by atoms with Gasteiger partial charge in [-0.2, -0.15) is 20.3 Å². The number of nitrogens with one attached hydrogen (secondary N) is 1. The number of rotatable bonds is 7. The van der Waals surface area contributed by atoms with E-state index in [1.165, 1.54) is 11.0 Å². The first kappa shape index (κ1) is 26.9. The molecule has 17 heteroatoms. The van der Waals surface area contributed by atoms with Gasteiger partial charge in [0, 0.05) is 43.5 Å². The van der Waals surface area contributed by atoms with E-state index in [0.29, 0.717) is 28.9 Å². The summed E-state index contributed by atoms with van der Waals surface area (Å²) in [6.07, 6.45) is 4.71. The Morgan fingerprint density at radius 3 is 2.45 bits per heavy atom. The second-order valence-electron chi connectivity index (χ2n) is 9.24. The van der Waals surface area contributed by atoms with E-state index in [9.17, 15) is 22.8 Å². The molecule has 0 unspecified atom stereocenters. The first-order valence-electron chi connectivity index (χ1n) is 12.2. The lowest BCUT2D eigenvalue weighted by molar-refractivity contribution is 0.485. The lowest BCUT2D eigenvalue weighted by Crippen LogP contribution is -2.43. The summed E-state index contributed by atoms with van der Waals surface area (Å²) in [4.78, 5) is 34.7. The third-order valence-corrected chi connectivity index (χ3v) is 6.69. The van der Waals surface area contributed by atoms with Crippen molar-refractivity contribution in [3.8, 4) is 5.82 Å². The molecule has 0 atom stereocenters. The van der Waals surface area contributed by atoms with Crippen LogP contribution in [0.1, 0.15) is 11.4 Å². The van der Waals surface area contributed by atoms with E-state index in [0.717, 1.165) is 9.13 Å². The molecular weight excluding hydrogens is 579 g/mol. The van der Waals surface area contributed by atoms with Gasteiger partial charge in [0.05, 0.1) is 29.3 Å². The fourth-order valence-electron chi connectivity index (χ4n) is 4.45. The SMILES string of the molecule is Cn1cnc(Cn2c(=O)nc(Nc3cc4c(-n5cccn5)n(C)nc4cc3Cl)n(Cc3cc(F)c(F)cc3F)c2=O)n1. The second kappa shape index (κ2) is 10.3. The zero-order valence-corrected chi connectivity index (χ0v) is 22.6. The largest absolute Gasteiger partial charge is 0.355 e. The van der Waals surface area contributed by atoms with Crippen molar-refractivity contribution >= 4 is 34.1 Å². The highest BCUT2D eigenvalue weighted by Crippen LogP contribution is 2.32. The molecule has 0 radical (unpaired) electrons. The van der Waals surface area contributed by atoms with Crippen LogP contribution >= 0.6 is 11.6 Å². The molecule has 42 heavy (non-hydrogen) atoms. The van der Waals surface area contributed by atoms with Crippen LogP contribution in [0.4, 0.5) is 24.8 Å². The summed E-state index contributed by atoms with van der Waals surface area (Å²) in [6.45, 7) is -0.958. The van der Waals surface area contributed by atoms with Crippen molar-refractivity contribution in [2.45, 2.75) is 13.1 Å². The third-order valence-electron chi connectivity index (χ3n) is 6.37. The van der Waals surface area contributed by atoms with E-state index >= 15 is 0 Å². The first-order valence-corrected chi connectivity index (χ1v) is 12.6.